The molecule has 2 atom stereocenters. The van der Waals surface area contributed by atoms with Crippen LogP contribution in [-0.2, 0) is 9.53 Å². The zero-order valence-electron chi connectivity index (χ0n) is 15.0. The predicted octanol–water partition coefficient (Wildman–Crippen LogP) is 3.10. The second kappa shape index (κ2) is 7.52. The lowest BCUT2D eigenvalue weighted by atomic mass is 9.91. The molecular formula is C19H34N2O2. The van der Waals surface area contributed by atoms with Gasteiger partial charge in [0.1, 0.15) is 11.6 Å². The minimum Gasteiger partial charge on any atom is -0.458 e. The molecule has 2 aliphatic carbocycles. The Bertz CT molecular complexity index is 400. The number of carbonyl (C=O) groups excluding carboxylic acids is 1. The van der Waals surface area contributed by atoms with Gasteiger partial charge < -0.3 is 10.1 Å². The van der Waals surface area contributed by atoms with Gasteiger partial charge in [-0.2, -0.15) is 0 Å². The van der Waals surface area contributed by atoms with E-state index in [2.05, 4.69) is 24.1 Å². The Kier molecular flexibility index (Phi) is 5.63. The fourth-order valence-corrected chi connectivity index (χ4v) is 4.14. The van der Waals surface area contributed by atoms with Gasteiger partial charge in [0.15, 0.2) is 0 Å². The number of hydrogen-bond donors (Lipinski definition) is 1. The number of esters is 1. The average Bonchev–Trinajstić information content (AvgIpc) is 3.28. The van der Waals surface area contributed by atoms with Crippen LogP contribution >= 0.6 is 0 Å². The Morgan fingerprint density at radius 1 is 1.26 bits per heavy atom. The van der Waals surface area contributed by atoms with E-state index in [0.29, 0.717) is 12.0 Å². The molecule has 0 radical (unpaired) electrons. The van der Waals surface area contributed by atoms with E-state index in [-0.39, 0.29) is 17.6 Å². The molecule has 132 valence electrons. The van der Waals surface area contributed by atoms with Gasteiger partial charge in [-0.15, -0.1) is 0 Å². The number of hydrogen-bond acceptors (Lipinski definition) is 4. The van der Waals surface area contributed by atoms with E-state index >= 15 is 0 Å². The van der Waals surface area contributed by atoms with Gasteiger partial charge in [0.05, 0.1) is 0 Å². The normalized spacial score (nSPS) is 30.4. The van der Waals surface area contributed by atoms with Crippen LogP contribution in [-0.4, -0.2) is 48.2 Å². The monoisotopic (exact) mass is 322 g/mol. The molecule has 1 heterocycles. The summed E-state index contributed by atoms with van der Waals surface area (Å²) in [7, 11) is 0. The van der Waals surface area contributed by atoms with Crippen LogP contribution in [0.3, 0.4) is 0 Å². The van der Waals surface area contributed by atoms with Crippen molar-refractivity contribution in [1.82, 2.24) is 10.2 Å². The molecule has 3 fully saturated rings. The summed E-state index contributed by atoms with van der Waals surface area (Å²) in [4.78, 5) is 15.3. The molecule has 0 amide bonds. The number of ether oxygens (including phenoxy) is 1. The van der Waals surface area contributed by atoms with Gasteiger partial charge in [0, 0.05) is 25.7 Å². The van der Waals surface area contributed by atoms with Crippen LogP contribution in [0.25, 0.3) is 0 Å². The lowest BCUT2D eigenvalue weighted by Crippen LogP contribution is -2.56. The van der Waals surface area contributed by atoms with Crippen molar-refractivity contribution in [1.29, 1.82) is 0 Å². The van der Waals surface area contributed by atoms with Crippen LogP contribution in [0.5, 0.6) is 0 Å². The minimum absolute atomic E-state index is 0.0277. The molecule has 1 aliphatic heterocycles. The molecule has 2 saturated carbocycles. The minimum atomic E-state index is -0.154. The summed E-state index contributed by atoms with van der Waals surface area (Å²) in [5.74, 6) is 0.746. The van der Waals surface area contributed by atoms with Crippen LogP contribution < -0.4 is 5.32 Å². The summed E-state index contributed by atoms with van der Waals surface area (Å²) in [5, 5.41) is 3.49. The van der Waals surface area contributed by atoms with Crippen LogP contribution in [0.2, 0.25) is 0 Å². The second-order valence-corrected chi connectivity index (χ2v) is 8.33. The van der Waals surface area contributed by atoms with Crippen LogP contribution in [0.1, 0.15) is 71.6 Å². The molecular weight excluding hydrogens is 288 g/mol. The second-order valence-electron chi connectivity index (χ2n) is 8.33. The van der Waals surface area contributed by atoms with Crippen LogP contribution in [0.15, 0.2) is 0 Å². The molecule has 4 heteroatoms. The molecule has 0 unspecified atom stereocenters. The van der Waals surface area contributed by atoms with Crippen molar-refractivity contribution in [2.75, 3.05) is 19.6 Å². The Labute approximate surface area is 141 Å². The molecule has 0 aromatic carbocycles. The van der Waals surface area contributed by atoms with Gasteiger partial charge in [-0.3, -0.25) is 9.69 Å². The topological polar surface area (TPSA) is 41.6 Å². The first-order valence-corrected chi connectivity index (χ1v) is 9.76. The SMILES string of the molecule is C[C@H]1CN([C@@H](CC2CCCCCC2)C(=O)OC2(C)CC2)CCN1. The molecule has 3 aliphatic rings. The highest BCUT2D eigenvalue weighted by Crippen LogP contribution is 2.39. The third-order valence-corrected chi connectivity index (χ3v) is 5.95. The van der Waals surface area contributed by atoms with Gasteiger partial charge in [-0.1, -0.05) is 38.5 Å². The van der Waals surface area contributed by atoms with E-state index in [4.69, 9.17) is 4.74 Å². The Hall–Kier alpha value is -0.610. The van der Waals surface area contributed by atoms with E-state index < -0.39 is 0 Å². The first-order chi connectivity index (χ1) is 11.1. The van der Waals surface area contributed by atoms with E-state index in [1.807, 2.05) is 0 Å². The molecule has 1 saturated heterocycles. The number of piperazine rings is 1. The highest BCUT2D eigenvalue weighted by Gasteiger charge is 2.44. The van der Waals surface area contributed by atoms with Crippen LogP contribution in [0.4, 0.5) is 0 Å². The zero-order chi connectivity index (χ0) is 16.3. The summed E-state index contributed by atoms with van der Waals surface area (Å²) >= 11 is 0. The van der Waals surface area contributed by atoms with Crippen molar-refractivity contribution in [3.8, 4) is 0 Å². The maximum absolute atomic E-state index is 12.9. The van der Waals surface area contributed by atoms with Gasteiger partial charge in [-0.05, 0) is 39.0 Å². The number of nitrogens with zero attached hydrogens (tertiary/aromatic N) is 1. The third kappa shape index (κ3) is 4.93. The van der Waals surface area contributed by atoms with Gasteiger partial charge in [-0.25, -0.2) is 0 Å². The molecule has 0 bridgehead atoms. The molecule has 0 aromatic heterocycles. The Balaban J connectivity index is 1.65. The van der Waals surface area contributed by atoms with Crippen LogP contribution in [0, 0.1) is 5.92 Å². The Morgan fingerprint density at radius 2 is 1.96 bits per heavy atom. The van der Waals surface area contributed by atoms with E-state index in [0.717, 1.165) is 38.9 Å². The fraction of sp³-hybridized carbons (Fsp3) is 0.947. The van der Waals surface area contributed by atoms with E-state index in [1.54, 1.807) is 0 Å². The van der Waals surface area contributed by atoms with E-state index in [1.165, 1.54) is 38.5 Å². The van der Waals surface area contributed by atoms with Crippen molar-refractivity contribution in [3.05, 3.63) is 0 Å². The number of nitrogens with one attached hydrogen (secondary N) is 1. The summed E-state index contributed by atoms with van der Waals surface area (Å²) in [6.45, 7) is 7.19. The molecule has 0 spiro atoms. The largest absolute Gasteiger partial charge is 0.458 e. The van der Waals surface area contributed by atoms with Crippen molar-refractivity contribution in [3.63, 3.8) is 0 Å². The lowest BCUT2D eigenvalue weighted by Gasteiger charge is -2.38. The predicted molar refractivity (Wildman–Crippen MR) is 92.4 cm³/mol. The standard InChI is InChI=1S/C19H34N2O2/c1-15-14-21(12-11-20-15)17(18(22)23-19(2)9-10-19)13-16-7-5-3-4-6-8-16/h15-17,20H,3-14H2,1-2H3/t15-,17-/m0/s1. The quantitative estimate of drug-likeness (QED) is 0.624. The molecule has 4 nitrogen and oxygen atoms in total. The summed E-state index contributed by atoms with van der Waals surface area (Å²) in [6, 6.07) is 0.435. The van der Waals surface area contributed by atoms with E-state index in [9.17, 15) is 4.79 Å². The van der Waals surface area contributed by atoms with Gasteiger partial charge in [0.25, 0.3) is 0 Å². The Morgan fingerprint density at radius 3 is 2.57 bits per heavy atom. The maximum atomic E-state index is 12.9. The number of rotatable bonds is 5. The third-order valence-electron chi connectivity index (χ3n) is 5.95. The molecule has 23 heavy (non-hydrogen) atoms. The average molecular weight is 322 g/mol. The number of carbonyl (C=O) groups is 1. The first kappa shape index (κ1) is 17.2. The molecule has 3 rings (SSSR count). The molecule has 0 aromatic rings. The fourth-order valence-electron chi connectivity index (χ4n) is 4.14. The molecule has 1 N–H and O–H groups in total. The van der Waals surface area contributed by atoms with Crippen molar-refractivity contribution in [2.24, 2.45) is 5.92 Å². The maximum Gasteiger partial charge on any atom is 0.323 e. The van der Waals surface area contributed by atoms with Crippen molar-refractivity contribution >= 4 is 5.97 Å². The highest BCUT2D eigenvalue weighted by molar-refractivity contribution is 5.76. The zero-order valence-corrected chi connectivity index (χ0v) is 15.0. The first-order valence-electron chi connectivity index (χ1n) is 9.76. The summed E-state index contributed by atoms with van der Waals surface area (Å²) < 4.78 is 5.87. The van der Waals surface area contributed by atoms with Gasteiger partial charge in [0.2, 0.25) is 0 Å². The highest BCUT2D eigenvalue weighted by atomic mass is 16.6. The summed E-state index contributed by atoms with van der Waals surface area (Å²) in [6.07, 6.45) is 11.1. The van der Waals surface area contributed by atoms with Gasteiger partial charge >= 0.3 is 5.97 Å². The summed E-state index contributed by atoms with van der Waals surface area (Å²) in [5.41, 5.74) is -0.154. The lowest BCUT2D eigenvalue weighted by molar-refractivity contribution is -0.158. The smallest absolute Gasteiger partial charge is 0.323 e. The van der Waals surface area contributed by atoms with Crippen molar-refractivity contribution < 1.29 is 9.53 Å². The van der Waals surface area contributed by atoms with Crippen molar-refractivity contribution in [2.45, 2.75) is 89.3 Å².